The molecule has 0 atom stereocenters. The molecule has 4 aliphatic rings. The fourth-order valence-corrected chi connectivity index (χ4v) is 6.02. The van der Waals surface area contributed by atoms with Crippen LogP contribution >= 0.6 is 11.6 Å². The van der Waals surface area contributed by atoms with Gasteiger partial charge in [0.15, 0.2) is 0 Å². The van der Waals surface area contributed by atoms with Gasteiger partial charge in [-0.2, -0.15) is 0 Å². The van der Waals surface area contributed by atoms with Crippen LogP contribution < -0.4 is 10.7 Å². The van der Waals surface area contributed by atoms with Crippen LogP contribution in [-0.4, -0.2) is 53.4 Å². The number of aryl methyl sites for hydroxylation is 1. The minimum Gasteiger partial charge on any atom is -0.516 e. The van der Waals surface area contributed by atoms with Crippen molar-refractivity contribution < 1.29 is 24.2 Å². The van der Waals surface area contributed by atoms with Crippen LogP contribution in [0.1, 0.15) is 52.0 Å². The number of aliphatic hydroxyl groups is 1. The summed E-state index contributed by atoms with van der Waals surface area (Å²) in [6.45, 7) is 7.91. The molecule has 1 aromatic heterocycles. The zero-order valence-electron chi connectivity index (χ0n) is 26.2. The van der Waals surface area contributed by atoms with Crippen LogP contribution in [0.3, 0.4) is 0 Å². The number of rotatable bonds is 7. The summed E-state index contributed by atoms with van der Waals surface area (Å²) in [5.41, 5.74) is 10.4. The largest absolute Gasteiger partial charge is 0.516 e. The molecule has 9 nitrogen and oxygen atoms in total. The van der Waals surface area contributed by atoms with Gasteiger partial charge in [0.1, 0.15) is 0 Å². The minimum absolute atomic E-state index is 0.189. The highest BCUT2D eigenvalue weighted by Gasteiger charge is 2.27. The average Bonchev–Trinajstić information content (AvgIpc) is 3.69. The normalized spacial score (nSPS) is 18.8. The molecule has 45 heavy (non-hydrogen) atoms. The summed E-state index contributed by atoms with van der Waals surface area (Å²) in [6, 6.07) is 2.04. The highest BCUT2D eigenvalue weighted by molar-refractivity contribution is 6.38. The molecule has 0 aromatic carbocycles. The highest BCUT2D eigenvalue weighted by atomic mass is 35.5. The van der Waals surface area contributed by atoms with E-state index in [1.807, 2.05) is 58.1 Å². The van der Waals surface area contributed by atoms with Crippen LogP contribution in [0.5, 0.6) is 0 Å². The van der Waals surface area contributed by atoms with Gasteiger partial charge in [0.05, 0.1) is 59.7 Å². The SMILES string of the molecule is COC(=O)CCC1=C(C)C2=NC1=CC1=NC(=CC3=C(C)/C(=C(Cl)\C=C/O)C(=N3)C=c3[nH]c(cc3C)=C2)C(C)=C1CCC(=O)OC. The number of allylic oxidation sites excluding steroid dienone is 10. The number of methoxy groups -OCH3 is 2. The predicted molar refractivity (Wildman–Crippen MR) is 177 cm³/mol. The van der Waals surface area contributed by atoms with Crippen molar-refractivity contribution >= 4 is 52.8 Å². The molecule has 5 rings (SSSR count). The van der Waals surface area contributed by atoms with Gasteiger partial charge in [-0.1, -0.05) is 11.6 Å². The van der Waals surface area contributed by atoms with E-state index >= 15 is 0 Å². The van der Waals surface area contributed by atoms with Crippen molar-refractivity contribution in [3.8, 4) is 0 Å². The van der Waals surface area contributed by atoms with Crippen molar-refractivity contribution in [3.05, 3.63) is 102 Å². The van der Waals surface area contributed by atoms with E-state index < -0.39 is 0 Å². The number of halogens is 1. The summed E-state index contributed by atoms with van der Waals surface area (Å²) in [5, 5.41) is 11.5. The molecule has 0 spiro atoms. The van der Waals surface area contributed by atoms with Crippen molar-refractivity contribution in [1.82, 2.24) is 4.98 Å². The fraction of sp³-hybridized carbons (Fsp3) is 0.286. The Bertz CT molecular complexity index is 1950. The van der Waals surface area contributed by atoms with E-state index in [2.05, 4.69) is 4.98 Å². The van der Waals surface area contributed by atoms with E-state index in [0.717, 1.165) is 56.1 Å². The van der Waals surface area contributed by atoms with E-state index in [-0.39, 0.29) is 24.8 Å². The van der Waals surface area contributed by atoms with Gasteiger partial charge >= 0.3 is 11.9 Å². The Labute approximate surface area is 266 Å². The van der Waals surface area contributed by atoms with Gasteiger partial charge in [-0.05, 0) is 110 Å². The number of aromatic amines is 1. The van der Waals surface area contributed by atoms with Crippen molar-refractivity contribution in [3.63, 3.8) is 0 Å². The number of carbonyl (C=O) groups excluding carboxylic acids is 2. The molecule has 0 saturated carbocycles. The summed E-state index contributed by atoms with van der Waals surface area (Å²) < 4.78 is 9.84. The summed E-state index contributed by atoms with van der Waals surface area (Å²) >= 11 is 6.66. The smallest absolute Gasteiger partial charge is 0.305 e. The topological polar surface area (TPSA) is 126 Å². The number of aromatic nitrogens is 1. The van der Waals surface area contributed by atoms with E-state index in [9.17, 15) is 14.7 Å². The average molecular weight is 627 g/mol. The number of nitrogens with one attached hydrogen (secondary N) is 1. The molecule has 0 amide bonds. The lowest BCUT2D eigenvalue weighted by atomic mass is 9.96. The Morgan fingerprint density at radius 1 is 0.822 bits per heavy atom. The number of carbonyl (C=O) groups is 2. The fourth-order valence-electron chi connectivity index (χ4n) is 5.72. The first kappa shape index (κ1) is 31.7. The van der Waals surface area contributed by atoms with Crippen LogP contribution in [0, 0.1) is 6.92 Å². The number of nitrogens with zero attached hydrogens (tertiary/aromatic N) is 3. The number of esters is 2. The zero-order chi connectivity index (χ0) is 32.4. The van der Waals surface area contributed by atoms with Gasteiger partial charge in [-0.25, -0.2) is 15.0 Å². The summed E-state index contributed by atoms with van der Waals surface area (Å²) in [4.78, 5) is 42.7. The molecule has 4 aliphatic heterocycles. The van der Waals surface area contributed by atoms with E-state index in [4.69, 9.17) is 36.1 Å². The number of H-pyrrole nitrogens is 1. The molecule has 1 aromatic rings. The number of hydrogen-bond donors (Lipinski definition) is 2. The lowest BCUT2D eigenvalue weighted by molar-refractivity contribution is -0.141. The summed E-state index contributed by atoms with van der Waals surface area (Å²) in [6.07, 6.45) is 11.4. The molecule has 0 unspecified atom stereocenters. The predicted octanol–water partition coefficient (Wildman–Crippen LogP) is 5.41. The van der Waals surface area contributed by atoms with Crippen LogP contribution in [0.2, 0.25) is 0 Å². The van der Waals surface area contributed by atoms with Crippen LogP contribution in [0.25, 0.3) is 12.2 Å². The molecule has 0 aliphatic carbocycles. The first-order chi connectivity index (χ1) is 21.5. The third kappa shape index (κ3) is 6.40. The number of hydrogen-bond acceptors (Lipinski definition) is 8. The van der Waals surface area contributed by atoms with E-state index in [1.165, 1.54) is 20.3 Å². The molecule has 0 saturated heterocycles. The number of fused-ring (bicyclic) bond motifs is 5. The number of aliphatic hydroxyl groups excluding tert-OH is 1. The molecule has 10 heteroatoms. The van der Waals surface area contributed by atoms with Crippen LogP contribution in [-0.2, 0) is 19.1 Å². The third-order valence-electron chi connectivity index (χ3n) is 8.30. The number of aliphatic imine (C=N–C) groups is 3. The van der Waals surface area contributed by atoms with E-state index in [0.29, 0.717) is 52.0 Å². The summed E-state index contributed by atoms with van der Waals surface area (Å²) in [7, 11) is 2.75. The monoisotopic (exact) mass is 626 g/mol. The quantitative estimate of drug-likeness (QED) is 0.309. The second kappa shape index (κ2) is 13.1. The molecular formula is C35H35ClN4O5. The Hall–Kier alpha value is -4.76. The lowest BCUT2D eigenvalue weighted by Gasteiger charge is -2.08. The Kier molecular flexibility index (Phi) is 9.20. The zero-order valence-corrected chi connectivity index (χ0v) is 26.9. The van der Waals surface area contributed by atoms with Crippen LogP contribution in [0.15, 0.2) is 101 Å². The Balaban J connectivity index is 1.78. The minimum atomic E-state index is -0.315. The third-order valence-corrected chi connectivity index (χ3v) is 8.61. The van der Waals surface area contributed by atoms with Crippen molar-refractivity contribution in [2.24, 2.45) is 15.0 Å². The highest BCUT2D eigenvalue weighted by Crippen LogP contribution is 2.37. The van der Waals surface area contributed by atoms with E-state index in [1.54, 1.807) is 0 Å². The van der Waals surface area contributed by atoms with Gasteiger partial charge in [0.2, 0.25) is 0 Å². The van der Waals surface area contributed by atoms with Crippen molar-refractivity contribution in [2.75, 3.05) is 14.2 Å². The second-order valence-corrected chi connectivity index (χ2v) is 11.5. The van der Waals surface area contributed by atoms with Gasteiger partial charge < -0.3 is 19.6 Å². The Morgan fingerprint density at radius 2 is 1.49 bits per heavy atom. The standard InChI is InChI=1S/C35H35ClN4O5/c1-18-13-22-14-27-19(2)23(7-9-33(42)44-5)30(38-27)17-31-24(8-10-34(43)45-6)20(3)28(39-31)16-29-21(4)35(25(36)11-12-41)32(40-29)15-26(18)37-22/h11-17,37,41H,7-10H2,1-6H3/b12-11-,22-14?,26-15?,28-16?,30-17?,35-25-. The maximum Gasteiger partial charge on any atom is 0.305 e. The molecule has 0 radical (unpaired) electrons. The summed E-state index contributed by atoms with van der Waals surface area (Å²) in [5.74, 6) is -0.615. The molecule has 0 fully saturated rings. The lowest BCUT2D eigenvalue weighted by Crippen LogP contribution is -2.15. The van der Waals surface area contributed by atoms with Crippen molar-refractivity contribution in [2.45, 2.75) is 53.4 Å². The molecule has 2 N–H and O–H groups in total. The van der Waals surface area contributed by atoms with Gasteiger partial charge in [0, 0.05) is 29.1 Å². The van der Waals surface area contributed by atoms with Gasteiger partial charge in [0.25, 0.3) is 0 Å². The first-order valence-corrected chi connectivity index (χ1v) is 15.0. The van der Waals surface area contributed by atoms with Gasteiger partial charge in [-0.15, -0.1) is 0 Å². The second-order valence-electron chi connectivity index (χ2n) is 11.1. The Morgan fingerprint density at radius 3 is 2.16 bits per heavy atom. The van der Waals surface area contributed by atoms with Crippen LogP contribution in [0.4, 0.5) is 0 Å². The maximum absolute atomic E-state index is 12.2. The molecule has 8 bridgehead atoms. The molecular weight excluding hydrogens is 592 g/mol. The number of ether oxygens (including phenoxy) is 2. The molecule has 232 valence electrons. The van der Waals surface area contributed by atoms with Gasteiger partial charge in [-0.3, -0.25) is 9.59 Å². The van der Waals surface area contributed by atoms with Crippen molar-refractivity contribution in [1.29, 1.82) is 0 Å². The first-order valence-electron chi connectivity index (χ1n) is 14.6. The molecule has 5 heterocycles. The maximum atomic E-state index is 12.2.